The van der Waals surface area contributed by atoms with Gasteiger partial charge in [-0.25, -0.2) is 0 Å². The number of halogens is 1. The zero-order valence-corrected chi connectivity index (χ0v) is 10.8. The number of aromatic nitrogens is 1. The van der Waals surface area contributed by atoms with Crippen LogP contribution in [0.3, 0.4) is 0 Å². The Morgan fingerprint density at radius 2 is 1.93 bits per heavy atom. The summed E-state index contributed by atoms with van der Waals surface area (Å²) in [5, 5.41) is 0. The largest absolute Gasteiger partial charge is 0.314 e. The highest BCUT2D eigenvalue weighted by Crippen LogP contribution is 2.07. The van der Waals surface area contributed by atoms with Gasteiger partial charge < -0.3 is 4.57 Å². The minimum absolute atomic E-state index is 0.0914. The van der Waals surface area contributed by atoms with Gasteiger partial charge in [-0.05, 0) is 28.4 Å². The van der Waals surface area contributed by atoms with E-state index >= 15 is 0 Å². The summed E-state index contributed by atoms with van der Waals surface area (Å²) in [5.41, 5.74) is 0.0914. The smallest absolute Gasteiger partial charge is 0.250 e. The third-order valence-electron chi connectivity index (χ3n) is 2.45. The lowest BCUT2D eigenvalue weighted by atomic mass is 10.1. The number of hydrogen-bond donors (Lipinski definition) is 0. The second kappa shape index (κ2) is 6.83. The van der Waals surface area contributed by atoms with Crippen LogP contribution < -0.4 is 5.56 Å². The molecule has 1 rings (SSSR count). The Balaban J connectivity index is 2.37. The zero-order chi connectivity index (χ0) is 11.1. The molecule has 0 aromatic carbocycles. The molecule has 0 aliphatic heterocycles. The van der Waals surface area contributed by atoms with Crippen molar-refractivity contribution in [2.75, 3.05) is 0 Å². The molecule has 15 heavy (non-hydrogen) atoms. The van der Waals surface area contributed by atoms with E-state index in [1.165, 1.54) is 25.7 Å². The SMILES string of the molecule is CCCCCCCn1cc(Br)ccc1=O. The minimum Gasteiger partial charge on any atom is -0.314 e. The molecule has 1 heterocycles. The molecule has 0 aliphatic carbocycles. The van der Waals surface area contributed by atoms with Crippen LogP contribution in [0.5, 0.6) is 0 Å². The molecule has 0 fully saturated rings. The second-order valence-electron chi connectivity index (χ2n) is 3.79. The van der Waals surface area contributed by atoms with Gasteiger partial charge in [-0.1, -0.05) is 32.6 Å². The van der Waals surface area contributed by atoms with Crippen LogP contribution in [0.15, 0.2) is 27.6 Å². The first-order valence-corrected chi connectivity index (χ1v) is 6.39. The van der Waals surface area contributed by atoms with Gasteiger partial charge in [0.1, 0.15) is 0 Å². The van der Waals surface area contributed by atoms with E-state index in [2.05, 4.69) is 22.9 Å². The van der Waals surface area contributed by atoms with Crippen molar-refractivity contribution in [2.24, 2.45) is 0 Å². The third kappa shape index (κ3) is 4.65. The standard InChI is InChI=1S/C12H18BrNO/c1-2-3-4-5-6-9-14-10-11(13)7-8-12(14)15/h7-8,10H,2-6,9H2,1H3. The third-order valence-corrected chi connectivity index (χ3v) is 2.92. The average Bonchev–Trinajstić information content (AvgIpc) is 2.23. The van der Waals surface area contributed by atoms with Crippen LogP contribution in [-0.2, 0) is 6.54 Å². The Morgan fingerprint density at radius 1 is 1.20 bits per heavy atom. The maximum absolute atomic E-state index is 11.4. The van der Waals surface area contributed by atoms with Gasteiger partial charge in [0.15, 0.2) is 0 Å². The van der Waals surface area contributed by atoms with Gasteiger partial charge in [0, 0.05) is 23.3 Å². The molecule has 0 bridgehead atoms. The van der Waals surface area contributed by atoms with Gasteiger partial charge in [-0.2, -0.15) is 0 Å². The molecular formula is C12H18BrNO. The molecule has 1 aromatic heterocycles. The molecule has 3 heteroatoms. The van der Waals surface area contributed by atoms with Crippen LogP contribution in [0.2, 0.25) is 0 Å². The predicted octanol–water partition coefficient (Wildman–Crippen LogP) is 3.58. The zero-order valence-electron chi connectivity index (χ0n) is 9.21. The van der Waals surface area contributed by atoms with E-state index in [1.807, 2.05) is 6.20 Å². The Kier molecular flexibility index (Phi) is 5.69. The van der Waals surface area contributed by atoms with E-state index in [-0.39, 0.29) is 5.56 Å². The first-order valence-electron chi connectivity index (χ1n) is 5.60. The van der Waals surface area contributed by atoms with Gasteiger partial charge >= 0.3 is 0 Å². The summed E-state index contributed by atoms with van der Waals surface area (Å²) in [6, 6.07) is 3.39. The normalized spacial score (nSPS) is 10.5. The van der Waals surface area contributed by atoms with Crippen LogP contribution in [0, 0.1) is 0 Å². The van der Waals surface area contributed by atoms with E-state index in [9.17, 15) is 4.79 Å². The lowest BCUT2D eigenvalue weighted by Crippen LogP contribution is -2.18. The van der Waals surface area contributed by atoms with E-state index < -0.39 is 0 Å². The number of hydrogen-bond acceptors (Lipinski definition) is 1. The van der Waals surface area contributed by atoms with E-state index in [4.69, 9.17) is 0 Å². The molecule has 2 nitrogen and oxygen atoms in total. The summed E-state index contributed by atoms with van der Waals surface area (Å²) in [5.74, 6) is 0. The number of pyridine rings is 1. The van der Waals surface area contributed by atoms with Gasteiger partial charge in [0.05, 0.1) is 0 Å². The Labute approximate surface area is 99.4 Å². The van der Waals surface area contributed by atoms with Gasteiger partial charge in [0.25, 0.3) is 5.56 Å². The highest BCUT2D eigenvalue weighted by atomic mass is 79.9. The fourth-order valence-electron chi connectivity index (χ4n) is 1.56. The monoisotopic (exact) mass is 271 g/mol. The lowest BCUT2D eigenvalue weighted by molar-refractivity contribution is 0.558. The van der Waals surface area contributed by atoms with E-state index in [1.54, 1.807) is 16.7 Å². The first-order chi connectivity index (χ1) is 7.24. The molecule has 0 spiro atoms. The number of aryl methyl sites for hydroxylation is 1. The van der Waals surface area contributed by atoms with Crippen molar-refractivity contribution < 1.29 is 0 Å². The van der Waals surface area contributed by atoms with Crippen molar-refractivity contribution >= 4 is 15.9 Å². The Hall–Kier alpha value is -0.570. The summed E-state index contributed by atoms with van der Waals surface area (Å²) in [7, 11) is 0. The fraction of sp³-hybridized carbons (Fsp3) is 0.583. The summed E-state index contributed by atoms with van der Waals surface area (Å²) in [6.07, 6.45) is 8.01. The predicted molar refractivity (Wildman–Crippen MR) is 67.2 cm³/mol. The molecule has 0 saturated carbocycles. The minimum atomic E-state index is 0.0914. The van der Waals surface area contributed by atoms with Crippen molar-refractivity contribution in [1.82, 2.24) is 4.57 Å². The number of nitrogens with zero attached hydrogens (tertiary/aromatic N) is 1. The lowest BCUT2D eigenvalue weighted by Gasteiger charge is -2.05. The van der Waals surface area contributed by atoms with E-state index in [0.717, 1.165) is 17.4 Å². The van der Waals surface area contributed by atoms with Crippen molar-refractivity contribution in [3.63, 3.8) is 0 Å². The quantitative estimate of drug-likeness (QED) is 0.725. The fourth-order valence-corrected chi connectivity index (χ4v) is 1.94. The van der Waals surface area contributed by atoms with Gasteiger partial charge in [-0.15, -0.1) is 0 Å². The summed E-state index contributed by atoms with van der Waals surface area (Å²) < 4.78 is 2.74. The van der Waals surface area contributed by atoms with Crippen molar-refractivity contribution in [3.05, 3.63) is 33.2 Å². The molecule has 0 saturated heterocycles. The Morgan fingerprint density at radius 3 is 2.67 bits per heavy atom. The molecule has 0 radical (unpaired) electrons. The summed E-state index contributed by atoms with van der Waals surface area (Å²) in [6.45, 7) is 3.04. The van der Waals surface area contributed by atoms with Gasteiger partial charge in [-0.3, -0.25) is 4.79 Å². The summed E-state index contributed by atoms with van der Waals surface area (Å²) >= 11 is 3.37. The Bertz CT molecular complexity index is 346. The van der Waals surface area contributed by atoms with Crippen molar-refractivity contribution in [3.8, 4) is 0 Å². The molecule has 0 aliphatic rings. The molecule has 0 amide bonds. The van der Waals surface area contributed by atoms with Gasteiger partial charge in [0.2, 0.25) is 0 Å². The number of rotatable bonds is 6. The topological polar surface area (TPSA) is 22.0 Å². The van der Waals surface area contributed by atoms with Crippen molar-refractivity contribution in [2.45, 2.75) is 45.6 Å². The second-order valence-corrected chi connectivity index (χ2v) is 4.71. The first kappa shape index (κ1) is 12.5. The maximum Gasteiger partial charge on any atom is 0.250 e. The summed E-state index contributed by atoms with van der Waals surface area (Å²) in [4.78, 5) is 11.4. The highest BCUT2D eigenvalue weighted by Gasteiger charge is 1.96. The van der Waals surface area contributed by atoms with Crippen LogP contribution in [-0.4, -0.2) is 4.57 Å². The molecule has 1 aromatic rings. The molecule has 0 N–H and O–H groups in total. The molecule has 84 valence electrons. The van der Waals surface area contributed by atoms with Crippen LogP contribution >= 0.6 is 15.9 Å². The van der Waals surface area contributed by atoms with Crippen LogP contribution in [0.1, 0.15) is 39.0 Å². The molecule has 0 atom stereocenters. The number of unbranched alkanes of at least 4 members (excludes halogenated alkanes) is 4. The van der Waals surface area contributed by atoms with Crippen LogP contribution in [0.25, 0.3) is 0 Å². The van der Waals surface area contributed by atoms with E-state index in [0.29, 0.717) is 0 Å². The van der Waals surface area contributed by atoms with Crippen molar-refractivity contribution in [1.29, 1.82) is 0 Å². The maximum atomic E-state index is 11.4. The average molecular weight is 272 g/mol. The molecule has 0 unspecified atom stereocenters. The van der Waals surface area contributed by atoms with Crippen LogP contribution in [0.4, 0.5) is 0 Å². The highest BCUT2D eigenvalue weighted by molar-refractivity contribution is 9.10. The molecular weight excluding hydrogens is 254 g/mol.